The van der Waals surface area contributed by atoms with Crippen LogP contribution < -0.4 is 0 Å². The number of carbonyl (C=O) groups is 2. The second-order valence-electron chi connectivity index (χ2n) is 4.08. The first-order valence-electron chi connectivity index (χ1n) is 5.54. The summed E-state index contributed by atoms with van der Waals surface area (Å²) in [7, 11) is 0. The van der Waals surface area contributed by atoms with Gasteiger partial charge < -0.3 is 9.84 Å². The van der Waals surface area contributed by atoms with Crippen LogP contribution in [0.15, 0.2) is 0 Å². The number of esters is 1. The Kier molecular flexibility index (Phi) is 4.12. The quantitative estimate of drug-likeness (QED) is 0.574. The zero-order valence-electron chi connectivity index (χ0n) is 9.12. The van der Waals surface area contributed by atoms with E-state index in [1.165, 1.54) is 0 Å². The molecule has 0 aliphatic heterocycles. The van der Waals surface area contributed by atoms with Crippen molar-refractivity contribution in [3.8, 4) is 0 Å². The highest BCUT2D eigenvalue weighted by atomic mass is 16.5. The summed E-state index contributed by atoms with van der Waals surface area (Å²) in [5.41, 5.74) is -1.26. The normalized spacial score (nSPS) is 19.5. The van der Waals surface area contributed by atoms with Gasteiger partial charge in [0.25, 0.3) is 0 Å². The van der Waals surface area contributed by atoms with Crippen LogP contribution in [0.1, 0.15) is 45.4 Å². The first-order chi connectivity index (χ1) is 7.13. The van der Waals surface area contributed by atoms with Crippen molar-refractivity contribution in [3.63, 3.8) is 0 Å². The van der Waals surface area contributed by atoms with E-state index < -0.39 is 17.4 Å². The van der Waals surface area contributed by atoms with Gasteiger partial charge in [0, 0.05) is 0 Å². The zero-order chi connectivity index (χ0) is 11.3. The van der Waals surface area contributed by atoms with Crippen LogP contribution in [0.2, 0.25) is 0 Å². The van der Waals surface area contributed by atoms with E-state index >= 15 is 0 Å². The van der Waals surface area contributed by atoms with Crippen molar-refractivity contribution in [2.45, 2.75) is 45.4 Å². The number of hydrogen-bond donors (Lipinski definition) is 1. The SMILES string of the molecule is CCCOC(=O)C1(C(=O)O)CCCCC1. The van der Waals surface area contributed by atoms with Gasteiger partial charge in [0.2, 0.25) is 0 Å². The van der Waals surface area contributed by atoms with Gasteiger partial charge in [0.1, 0.15) is 0 Å². The molecular formula is C11H18O4. The van der Waals surface area contributed by atoms with E-state index in [1.807, 2.05) is 6.92 Å². The molecule has 1 aliphatic rings. The summed E-state index contributed by atoms with van der Waals surface area (Å²) in [5.74, 6) is -1.57. The minimum atomic E-state index is -1.26. The van der Waals surface area contributed by atoms with Gasteiger partial charge in [-0.1, -0.05) is 26.2 Å². The molecule has 86 valence electrons. The molecule has 0 heterocycles. The van der Waals surface area contributed by atoms with Gasteiger partial charge in [0.05, 0.1) is 6.61 Å². The minimum absolute atomic E-state index is 0.313. The Hall–Kier alpha value is -1.06. The van der Waals surface area contributed by atoms with Gasteiger partial charge in [-0.05, 0) is 19.3 Å². The Morgan fingerprint density at radius 3 is 2.33 bits per heavy atom. The van der Waals surface area contributed by atoms with Crippen LogP contribution in [0, 0.1) is 5.41 Å². The topological polar surface area (TPSA) is 63.6 Å². The van der Waals surface area contributed by atoms with E-state index in [-0.39, 0.29) is 0 Å². The highest BCUT2D eigenvalue weighted by molar-refractivity contribution is 5.99. The van der Waals surface area contributed by atoms with Gasteiger partial charge in [-0.25, -0.2) is 0 Å². The predicted octanol–water partition coefficient (Wildman–Crippen LogP) is 1.97. The van der Waals surface area contributed by atoms with Crippen molar-refractivity contribution in [3.05, 3.63) is 0 Å². The maximum absolute atomic E-state index is 11.7. The molecule has 0 aromatic heterocycles. The van der Waals surface area contributed by atoms with E-state index in [2.05, 4.69) is 0 Å². The van der Waals surface area contributed by atoms with Gasteiger partial charge >= 0.3 is 11.9 Å². The molecule has 4 nitrogen and oxygen atoms in total. The maximum Gasteiger partial charge on any atom is 0.323 e. The fourth-order valence-electron chi connectivity index (χ4n) is 1.99. The van der Waals surface area contributed by atoms with Crippen LogP contribution >= 0.6 is 0 Å². The Balaban J connectivity index is 2.71. The first kappa shape index (κ1) is 12.0. The van der Waals surface area contributed by atoms with Crippen molar-refractivity contribution in [2.24, 2.45) is 5.41 Å². The highest BCUT2D eigenvalue weighted by Crippen LogP contribution is 2.37. The Morgan fingerprint density at radius 1 is 1.27 bits per heavy atom. The summed E-state index contributed by atoms with van der Waals surface area (Å²) in [6, 6.07) is 0. The summed E-state index contributed by atoms with van der Waals surface area (Å²) in [6.45, 7) is 2.20. The molecule has 1 N–H and O–H groups in total. The van der Waals surface area contributed by atoms with E-state index in [0.29, 0.717) is 19.4 Å². The van der Waals surface area contributed by atoms with Crippen molar-refractivity contribution in [1.29, 1.82) is 0 Å². The second kappa shape index (κ2) is 5.14. The molecule has 4 heteroatoms. The summed E-state index contributed by atoms with van der Waals surface area (Å²) in [6.07, 6.45) is 4.17. The van der Waals surface area contributed by atoms with Gasteiger partial charge in [-0.2, -0.15) is 0 Å². The summed E-state index contributed by atoms with van der Waals surface area (Å²) < 4.78 is 4.98. The molecule has 0 spiro atoms. The van der Waals surface area contributed by atoms with Crippen molar-refractivity contribution < 1.29 is 19.4 Å². The third-order valence-electron chi connectivity index (χ3n) is 2.94. The van der Waals surface area contributed by atoms with Gasteiger partial charge in [-0.15, -0.1) is 0 Å². The fraction of sp³-hybridized carbons (Fsp3) is 0.818. The van der Waals surface area contributed by atoms with Crippen LogP contribution in [0.4, 0.5) is 0 Å². The highest BCUT2D eigenvalue weighted by Gasteiger charge is 2.48. The average Bonchev–Trinajstić information content (AvgIpc) is 2.26. The molecule has 0 unspecified atom stereocenters. The summed E-state index contributed by atoms with van der Waals surface area (Å²) in [5, 5.41) is 9.16. The second-order valence-corrected chi connectivity index (χ2v) is 4.08. The molecule has 1 saturated carbocycles. The summed E-state index contributed by atoms with van der Waals surface area (Å²) >= 11 is 0. The lowest BCUT2D eigenvalue weighted by Gasteiger charge is -2.30. The molecule has 0 atom stereocenters. The smallest absolute Gasteiger partial charge is 0.323 e. The number of rotatable bonds is 4. The molecule has 0 radical (unpaired) electrons. The van der Waals surface area contributed by atoms with E-state index in [1.54, 1.807) is 0 Å². The molecule has 15 heavy (non-hydrogen) atoms. The van der Waals surface area contributed by atoms with Crippen molar-refractivity contribution in [1.82, 2.24) is 0 Å². The number of aliphatic carboxylic acids is 1. The zero-order valence-corrected chi connectivity index (χ0v) is 9.12. The predicted molar refractivity (Wildman–Crippen MR) is 54.4 cm³/mol. The third kappa shape index (κ3) is 2.49. The Labute approximate surface area is 89.6 Å². The molecule has 0 amide bonds. The fourth-order valence-corrected chi connectivity index (χ4v) is 1.99. The van der Waals surface area contributed by atoms with Crippen LogP contribution in [0.5, 0.6) is 0 Å². The lowest BCUT2D eigenvalue weighted by Crippen LogP contribution is -2.42. The number of carboxylic acid groups (broad SMARTS) is 1. The molecule has 0 saturated heterocycles. The van der Waals surface area contributed by atoms with Crippen LogP contribution in [0.3, 0.4) is 0 Å². The first-order valence-corrected chi connectivity index (χ1v) is 5.54. The van der Waals surface area contributed by atoms with E-state index in [9.17, 15) is 9.59 Å². The number of carbonyl (C=O) groups excluding carboxylic acids is 1. The Bertz CT molecular complexity index is 241. The minimum Gasteiger partial charge on any atom is -0.480 e. The van der Waals surface area contributed by atoms with Crippen LogP contribution in [0.25, 0.3) is 0 Å². The number of carboxylic acids is 1. The number of hydrogen-bond acceptors (Lipinski definition) is 3. The Morgan fingerprint density at radius 2 is 1.87 bits per heavy atom. The van der Waals surface area contributed by atoms with Crippen LogP contribution in [-0.4, -0.2) is 23.7 Å². The van der Waals surface area contributed by atoms with Crippen LogP contribution in [-0.2, 0) is 14.3 Å². The van der Waals surface area contributed by atoms with E-state index in [4.69, 9.17) is 9.84 Å². The molecule has 0 bridgehead atoms. The maximum atomic E-state index is 11.7. The lowest BCUT2D eigenvalue weighted by atomic mass is 9.74. The summed E-state index contributed by atoms with van der Waals surface area (Å²) in [4.78, 5) is 22.9. The van der Waals surface area contributed by atoms with Gasteiger partial charge in [-0.3, -0.25) is 9.59 Å². The van der Waals surface area contributed by atoms with Crippen molar-refractivity contribution in [2.75, 3.05) is 6.61 Å². The molecular weight excluding hydrogens is 196 g/mol. The molecule has 1 rings (SSSR count). The largest absolute Gasteiger partial charge is 0.480 e. The molecule has 0 aromatic rings. The number of ether oxygens (including phenoxy) is 1. The molecule has 0 aromatic carbocycles. The third-order valence-corrected chi connectivity index (χ3v) is 2.94. The van der Waals surface area contributed by atoms with Crippen molar-refractivity contribution >= 4 is 11.9 Å². The average molecular weight is 214 g/mol. The standard InChI is InChI=1S/C11H18O4/c1-2-8-15-10(14)11(9(12)13)6-4-3-5-7-11/h2-8H2,1H3,(H,12,13). The molecule has 1 fully saturated rings. The molecule has 1 aliphatic carbocycles. The monoisotopic (exact) mass is 214 g/mol. The van der Waals surface area contributed by atoms with Gasteiger partial charge in [0.15, 0.2) is 5.41 Å². The lowest BCUT2D eigenvalue weighted by molar-refractivity contribution is -0.171. The van der Waals surface area contributed by atoms with E-state index in [0.717, 1.165) is 25.7 Å².